The molecule has 1 N–H and O–H groups in total. The van der Waals surface area contributed by atoms with Gasteiger partial charge in [0, 0.05) is 21.1 Å². The molecular weight excluding hydrogens is 290 g/mol. The van der Waals surface area contributed by atoms with Gasteiger partial charge in [0.15, 0.2) is 0 Å². The van der Waals surface area contributed by atoms with Gasteiger partial charge < -0.3 is 5.11 Å². The van der Waals surface area contributed by atoms with Crippen molar-refractivity contribution in [1.82, 2.24) is 4.98 Å². The predicted molar refractivity (Wildman–Crippen MR) is 78.6 cm³/mol. The van der Waals surface area contributed by atoms with E-state index in [2.05, 4.69) is 34.4 Å². The molecule has 1 unspecified atom stereocenters. The van der Waals surface area contributed by atoms with Gasteiger partial charge in [0.25, 0.3) is 0 Å². The van der Waals surface area contributed by atoms with Gasteiger partial charge in [0.05, 0.1) is 11.6 Å². The minimum atomic E-state index is -0.516. The molecule has 0 aliphatic carbocycles. The molecule has 3 heteroatoms. The van der Waals surface area contributed by atoms with Crippen LogP contribution in [-0.4, -0.2) is 10.1 Å². The van der Waals surface area contributed by atoms with E-state index in [1.807, 2.05) is 24.3 Å². The van der Waals surface area contributed by atoms with Gasteiger partial charge in [-0.15, -0.1) is 6.58 Å². The lowest BCUT2D eigenvalue weighted by molar-refractivity contribution is 0.180. The van der Waals surface area contributed by atoms with Crippen molar-refractivity contribution in [2.24, 2.45) is 0 Å². The summed E-state index contributed by atoms with van der Waals surface area (Å²) in [6.07, 6.45) is 2.58. The van der Waals surface area contributed by atoms with Gasteiger partial charge in [-0.05, 0) is 31.0 Å². The maximum absolute atomic E-state index is 10.1. The summed E-state index contributed by atoms with van der Waals surface area (Å²) in [6.45, 7) is 5.72. The number of benzene rings is 1. The fraction of sp³-hybridized carbons (Fsp3) is 0.267. The molecule has 0 bridgehead atoms. The number of fused-ring (bicyclic) bond motifs is 1. The Hall–Kier alpha value is -1.19. The number of aromatic nitrogens is 1. The summed E-state index contributed by atoms with van der Waals surface area (Å²) in [5.74, 6) is 0. The van der Waals surface area contributed by atoms with Crippen LogP contribution in [0.15, 0.2) is 41.4 Å². The fourth-order valence-electron chi connectivity index (χ4n) is 2.05. The zero-order chi connectivity index (χ0) is 13.1. The molecule has 0 aliphatic heterocycles. The van der Waals surface area contributed by atoms with Crippen molar-refractivity contribution >= 4 is 26.8 Å². The third-order valence-corrected chi connectivity index (χ3v) is 3.47. The van der Waals surface area contributed by atoms with E-state index in [1.165, 1.54) is 0 Å². The Morgan fingerprint density at radius 1 is 1.44 bits per heavy atom. The van der Waals surface area contributed by atoms with Crippen LogP contribution in [0.5, 0.6) is 0 Å². The van der Waals surface area contributed by atoms with Crippen molar-refractivity contribution < 1.29 is 5.11 Å². The first kappa shape index (κ1) is 13.2. The Balaban J connectivity index is 2.58. The molecule has 18 heavy (non-hydrogen) atoms. The highest BCUT2D eigenvalue weighted by Gasteiger charge is 2.13. The average Bonchev–Trinajstić information content (AvgIpc) is 2.37. The smallest absolute Gasteiger partial charge is 0.0842 e. The molecule has 0 saturated carbocycles. The highest BCUT2D eigenvalue weighted by molar-refractivity contribution is 9.10. The lowest BCUT2D eigenvalue weighted by Gasteiger charge is -2.14. The van der Waals surface area contributed by atoms with Gasteiger partial charge in [0.1, 0.15) is 0 Å². The Morgan fingerprint density at radius 3 is 2.89 bits per heavy atom. The van der Waals surface area contributed by atoms with Crippen molar-refractivity contribution in [2.75, 3.05) is 0 Å². The molecule has 1 heterocycles. The summed E-state index contributed by atoms with van der Waals surface area (Å²) < 4.78 is 1.02. The zero-order valence-corrected chi connectivity index (χ0v) is 11.9. The number of aryl methyl sites for hydroxylation is 1. The Kier molecular flexibility index (Phi) is 4.15. The molecular formula is C15H16BrNO. The lowest BCUT2D eigenvalue weighted by Crippen LogP contribution is -2.03. The van der Waals surface area contributed by atoms with Gasteiger partial charge in [0.2, 0.25) is 0 Å². The summed E-state index contributed by atoms with van der Waals surface area (Å²) in [4.78, 5) is 4.63. The van der Waals surface area contributed by atoms with Crippen molar-refractivity contribution in [1.29, 1.82) is 0 Å². The summed E-state index contributed by atoms with van der Waals surface area (Å²) in [5.41, 5.74) is 2.82. The zero-order valence-electron chi connectivity index (χ0n) is 10.4. The first-order valence-corrected chi connectivity index (χ1v) is 6.83. The second-order valence-corrected chi connectivity index (χ2v) is 5.17. The van der Waals surface area contributed by atoms with Crippen LogP contribution < -0.4 is 0 Å². The number of halogens is 1. The van der Waals surface area contributed by atoms with Crippen LogP contribution in [-0.2, 0) is 6.42 Å². The molecule has 0 amide bonds. The molecule has 0 aliphatic rings. The second kappa shape index (κ2) is 5.63. The highest BCUT2D eigenvalue weighted by atomic mass is 79.9. The van der Waals surface area contributed by atoms with E-state index < -0.39 is 6.10 Å². The Morgan fingerprint density at radius 2 is 2.22 bits per heavy atom. The van der Waals surface area contributed by atoms with Gasteiger partial charge in [-0.2, -0.15) is 0 Å². The SMILES string of the molecule is C=CCC(O)c1cc2ccc(Br)cc2nc1CC. The van der Waals surface area contributed by atoms with Gasteiger partial charge in [-0.25, -0.2) is 0 Å². The van der Waals surface area contributed by atoms with E-state index in [9.17, 15) is 5.11 Å². The Labute approximate surface area is 115 Å². The molecule has 94 valence electrons. The minimum Gasteiger partial charge on any atom is -0.388 e. The molecule has 0 fully saturated rings. The van der Waals surface area contributed by atoms with Crippen LogP contribution in [0.4, 0.5) is 0 Å². The molecule has 1 aromatic heterocycles. The van der Waals surface area contributed by atoms with Gasteiger partial charge in [-0.1, -0.05) is 35.0 Å². The van der Waals surface area contributed by atoms with Crippen LogP contribution in [0.2, 0.25) is 0 Å². The van der Waals surface area contributed by atoms with E-state index in [0.29, 0.717) is 6.42 Å². The number of hydrogen-bond acceptors (Lipinski definition) is 2. The van der Waals surface area contributed by atoms with Gasteiger partial charge in [-0.3, -0.25) is 4.98 Å². The second-order valence-electron chi connectivity index (χ2n) is 4.26. The first-order chi connectivity index (χ1) is 8.65. The molecule has 2 nitrogen and oxygen atoms in total. The van der Waals surface area contributed by atoms with Gasteiger partial charge >= 0.3 is 0 Å². The summed E-state index contributed by atoms with van der Waals surface area (Å²) in [6, 6.07) is 8.02. The monoisotopic (exact) mass is 305 g/mol. The topological polar surface area (TPSA) is 33.1 Å². The molecule has 0 saturated heterocycles. The molecule has 1 atom stereocenters. The van der Waals surface area contributed by atoms with Crippen LogP contribution in [0.1, 0.15) is 30.7 Å². The molecule has 1 aromatic carbocycles. The largest absolute Gasteiger partial charge is 0.388 e. The minimum absolute atomic E-state index is 0.516. The maximum Gasteiger partial charge on any atom is 0.0842 e. The van der Waals surface area contributed by atoms with Crippen molar-refractivity contribution in [2.45, 2.75) is 25.9 Å². The maximum atomic E-state index is 10.1. The van der Waals surface area contributed by atoms with Crippen LogP contribution in [0, 0.1) is 0 Å². The molecule has 2 aromatic rings. The van der Waals surface area contributed by atoms with Crippen molar-refractivity contribution in [3.05, 3.63) is 52.7 Å². The lowest BCUT2D eigenvalue weighted by atomic mass is 10.0. The number of hydrogen-bond donors (Lipinski definition) is 1. The molecule has 0 spiro atoms. The number of rotatable bonds is 4. The number of pyridine rings is 1. The predicted octanol–water partition coefficient (Wildman–Crippen LogP) is 4.17. The van der Waals surface area contributed by atoms with E-state index in [1.54, 1.807) is 6.08 Å². The highest BCUT2D eigenvalue weighted by Crippen LogP contribution is 2.26. The van der Waals surface area contributed by atoms with E-state index in [4.69, 9.17) is 0 Å². The quantitative estimate of drug-likeness (QED) is 0.860. The van der Waals surface area contributed by atoms with Crippen LogP contribution in [0.3, 0.4) is 0 Å². The number of aliphatic hydroxyl groups is 1. The summed E-state index contributed by atoms with van der Waals surface area (Å²) in [7, 11) is 0. The summed E-state index contributed by atoms with van der Waals surface area (Å²) in [5, 5.41) is 11.2. The molecule has 2 rings (SSSR count). The summed E-state index contributed by atoms with van der Waals surface area (Å²) >= 11 is 3.45. The van der Waals surface area contributed by atoms with Crippen LogP contribution in [0.25, 0.3) is 10.9 Å². The fourth-order valence-corrected chi connectivity index (χ4v) is 2.40. The normalized spacial score (nSPS) is 12.6. The van der Waals surface area contributed by atoms with Crippen molar-refractivity contribution in [3.8, 4) is 0 Å². The molecule has 0 radical (unpaired) electrons. The van der Waals surface area contributed by atoms with E-state index in [-0.39, 0.29) is 0 Å². The number of nitrogens with zero attached hydrogens (tertiary/aromatic N) is 1. The first-order valence-electron chi connectivity index (χ1n) is 6.03. The van der Waals surface area contributed by atoms with Crippen molar-refractivity contribution in [3.63, 3.8) is 0 Å². The standard InChI is InChI=1S/C15H16BrNO/c1-3-5-15(18)12-8-10-6-7-11(16)9-14(10)17-13(12)4-2/h3,6-9,15,18H,1,4-5H2,2H3. The van der Waals surface area contributed by atoms with Crippen LogP contribution >= 0.6 is 15.9 Å². The third-order valence-electron chi connectivity index (χ3n) is 2.98. The van der Waals surface area contributed by atoms with E-state index >= 15 is 0 Å². The van der Waals surface area contributed by atoms with E-state index in [0.717, 1.165) is 33.1 Å². The number of aliphatic hydroxyl groups excluding tert-OH is 1. The third kappa shape index (κ3) is 2.62. The average molecular weight is 306 g/mol. The Bertz CT molecular complexity index is 580.